The third-order valence-corrected chi connectivity index (χ3v) is 5.74. The highest BCUT2D eigenvalue weighted by Crippen LogP contribution is 2.91. The molecule has 1 unspecified atom stereocenters. The number of fused-ring (bicyclic) bond motifs is 2. The molecule has 0 aromatic carbocycles. The molecule has 0 heterocycles. The van der Waals surface area contributed by atoms with E-state index < -0.39 is 0 Å². The Morgan fingerprint density at radius 1 is 1.18 bits per heavy atom. The van der Waals surface area contributed by atoms with Crippen molar-refractivity contribution in [1.29, 1.82) is 0 Å². The van der Waals surface area contributed by atoms with Crippen molar-refractivity contribution in [2.75, 3.05) is 13.2 Å². The molecule has 116 valence electrons. The fraction of sp³-hybridized carbons (Fsp3) is 0.529. The number of allylic oxidation sites excluding steroid dienone is 6. The van der Waals surface area contributed by atoms with Gasteiger partial charge in [-0.1, -0.05) is 28.1 Å². The van der Waals surface area contributed by atoms with Gasteiger partial charge >= 0.3 is 11.9 Å². The van der Waals surface area contributed by atoms with Crippen molar-refractivity contribution in [3.63, 3.8) is 0 Å². The van der Waals surface area contributed by atoms with Crippen LogP contribution in [0.15, 0.2) is 33.9 Å². The Bertz CT molecular complexity index is 646. The summed E-state index contributed by atoms with van der Waals surface area (Å²) in [5.41, 5.74) is 2.19. The monoisotopic (exact) mass is 364 g/mol. The lowest BCUT2D eigenvalue weighted by atomic mass is 9.92. The number of hydrogen-bond donors (Lipinski definition) is 0. The summed E-state index contributed by atoms with van der Waals surface area (Å²) >= 11 is 3.48. The van der Waals surface area contributed by atoms with Crippen LogP contribution in [0.1, 0.15) is 13.8 Å². The molecule has 0 spiro atoms. The van der Waals surface area contributed by atoms with E-state index in [0.717, 1.165) is 4.48 Å². The van der Waals surface area contributed by atoms with Crippen molar-refractivity contribution in [3.05, 3.63) is 33.9 Å². The number of carbonyl (C=O) groups is 2. The highest BCUT2D eigenvalue weighted by Gasteiger charge is 2.95. The van der Waals surface area contributed by atoms with Crippen LogP contribution in [0, 0.1) is 29.1 Å². The number of esters is 2. The van der Waals surface area contributed by atoms with Crippen LogP contribution in [0.5, 0.6) is 0 Å². The predicted molar refractivity (Wildman–Crippen MR) is 82.8 cm³/mol. The van der Waals surface area contributed by atoms with Gasteiger partial charge in [-0.3, -0.25) is 9.59 Å². The number of carbonyl (C=O) groups excluding carboxylic acids is 2. The van der Waals surface area contributed by atoms with Gasteiger partial charge in [-0.15, -0.1) is 0 Å². The second-order valence-electron chi connectivity index (χ2n) is 6.15. The van der Waals surface area contributed by atoms with E-state index in [1.165, 1.54) is 11.1 Å². The fourth-order valence-corrected chi connectivity index (χ4v) is 4.73. The van der Waals surface area contributed by atoms with Crippen LogP contribution < -0.4 is 0 Å². The lowest BCUT2D eigenvalue weighted by molar-refractivity contribution is -0.152. The molecule has 0 aliphatic heterocycles. The van der Waals surface area contributed by atoms with Crippen molar-refractivity contribution in [3.8, 4) is 0 Å². The first-order valence-corrected chi connectivity index (χ1v) is 8.51. The molecule has 0 saturated heterocycles. The number of hydrogen-bond acceptors (Lipinski definition) is 4. The van der Waals surface area contributed by atoms with Crippen LogP contribution in [0.25, 0.3) is 0 Å². The average Bonchev–Trinajstić information content (AvgIpc) is 3.33. The molecule has 3 atom stereocenters. The quantitative estimate of drug-likeness (QED) is 0.703. The molecule has 4 aliphatic carbocycles. The molecule has 2 saturated carbocycles. The molecule has 0 amide bonds. The van der Waals surface area contributed by atoms with Crippen LogP contribution in [0.3, 0.4) is 0 Å². The van der Waals surface area contributed by atoms with E-state index in [9.17, 15) is 9.59 Å². The first kappa shape index (κ1) is 14.2. The summed E-state index contributed by atoms with van der Waals surface area (Å²) in [5.74, 6) is -0.276. The summed E-state index contributed by atoms with van der Waals surface area (Å²) in [6.07, 6.45) is 6.24. The Balaban J connectivity index is 1.61. The van der Waals surface area contributed by atoms with Gasteiger partial charge in [0.05, 0.1) is 25.0 Å². The van der Waals surface area contributed by atoms with Gasteiger partial charge in [-0.05, 0) is 37.0 Å². The second-order valence-corrected chi connectivity index (χ2v) is 7.07. The molecule has 4 rings (SSSR count). The van der Waals surface area contributed by atoms with E-state index in [1.54, 1.807) is 0 Å². The lowest BCUT2D eigenvalue weighted by Gasteiger charge is -2.16. The lowest BCUT2D eigenvalue weighted by Crippen LogP contribution is -2.26. The van der Waals surface area contributed by atoms with Gasteiger partial charge in [0.2, 0.25) is 0 Å². The largest absolute Gasteiger partial charge is 0.466 e. The Morgan fingerprint density at radius 2 is 1.77 bits per heavy atom. The summed E-state index contributed by atoms with van der Waals surface area (Å²) in [4.78, 5) is 24.3. The van der Waals surface area contributed by atoms with E-state index in [-0.39, 0.29) is 35.1 Å². The van der Waals surface area contributed by atoms with E-state index in [0.29, 0.717) is 19.1 Å². The molecule has 0 radical (unpaired) electrons. The van der Waals surface area contributed by atoms with E-state index in [2.05, 4.69) is 28.1 Å². The first-order chi connectivity index (χ1) is 10.6. The Hall–Kier alpha value is -1.36. The summed E-state index contributed by atoms with van der Waals surface area (Å²) < 4.78 is 11.4. The zero-order valence-corrected chi connectivity index (χ0v) is 14.1. The van der Waals surface area contributed by atoms with Crippen LogP contribution in [-0.4, -0.2) is 25.2 Å². The molecule has 5 heteroatoms. The molecule has 0 aromatic heterocycles. The van der Waals surface area contributed by atoms with Gasteiger partial charge in [0.1, 0.15) is 0 Å². The molecule has 22 heavy (non-hydrogen) atoms. The minimum Gasteiger partial charge on any atom is -0.466 e. The summed E-state index contributed by atoms with van der Waals surface area (Å²) in [6.45, 7) is 4.37. The molecule has 2 fully saturated rings. The Morgan fingerprint density at radius 3 is 2.27 bits per heavy atom. The van der Waals surface area contributed by atoms with Gasteiger partial charge in [-0.25, -0.2) is 0 Å². The average molecular weight is 365 g/mol. The maximum Gasteiger partial charge on any atom is 0.310 e. The minimum absolute atomic E-state index is 0.0827. The smallest absolute Gasteiger partial charge is 0.310 e. The number of ether oxygens (including phenoxy) is 2. The SMILES string of the molecule is CCOC(=O)[C@@H]1C2[C@@H](C(=O)OCC)C21C1=C2C=C(Br)C=CC21. The first-order valence-electron chi connectivity index (χ1n) is 7.72. The van der Waals surface area contributed by atoms with Gasteiger partial charge in [0.25, 0.3) is 0 Å². The van der Waals surface area contributed by atoms with E-state index in [1.807, 2.05) is 19.9 Å². The van der Waals surface area contributed by atoms with Crippen LogP contribution >= 0.6 is 15.9 Å². The van der Waals surface area contributed by atoms with E-state index in [4.69, 9.17) is 9.47 Å². The van der Waals surface area contributed by atoms with Gasteiger partial charge < -0.3 is 9.47 Å². The Labute approximate surface area is 137 Å². The minimum atomic E-state index is -0.309. The number of rotatable bonds is 5. The second kappa shape index (κ2) is 4.57. The van der Waals surface area contributed by atoms with Crippen LogP contribution in [-0.2, 0) is 19.1 Å². The molecular formula is C17H17BrO4. The number of halogens is 1. The van der Waals surface area contributed by atoms with Crippen LogP contribution in [0.2, 0.25) is 0 Å². The highest BCUT2D eigenvalue weighted by molar-refractivity contribution is 9.11. The van der Waals surface area contributed by atoms with Crippen molar-refractivity contribution < 1.29 is 19.1 Å². The molecule has 4 aliphatic rings. The van der Waals surface area contributed by atoms with Gasteiger partial charge in [0.15, 0.2) is 0 Å². The molecular weight excluding hydrogens is 348 g/mol. The van der Waals surface area contributed by atoms with Crippen molar-refractivity contribution in [2.45, 2.75) is 13.8 Å². The fourth-order valence-electron chi connectivity index (χ4n) is 4.33. The van der Waals surface area contributed by atoms with Crippen LogP contribution in [0.4, 0.5) is 0 Å². The highest BCUT2D eigenvalue weighted by atomic mass is 79.9. The van der Waals surface area contributed by atoms with Crippen molar-refractivity contribution >= 4 is 27.9 Å². The molecule has 0 N–H and O–H groups in total. The molecule has 0 aromatic rings. The summed E-state index contributed by atoms with van der Waals surface area (Å²) in [5, 5.41) is 0. The summed E-state index contributed by atoms with van der Waals surface area (Å²) in [7, 11) is 0. The maximum atomic E-state index is 12.1. The van der Waals surface area contributed by atoms with E-state index >= 15 is 0 Å². The zero-order valence-electron chi connectivity index (χ0n) is 12.5. The molecule has 4 nitrogen and oxygen atoms in total. The van der Waals surface area contributed by atoms with Gasteiger partial charge in [-0.2, -0.15) is 0 Å². The van der Waals surface area contributed by atoms with Gasteiger partial charge in [0, 0.05) is 15.8 Å². The summed E-state index contributed by atoms with van der Waals surface area (Å²) in [6, 6.07) is 0. The molecule has 0 bridgehead atoms. The zero-order chi connectivity index (χ0) is 15.6. The maximum absolute atomic E-state index is 12.1. The van der Waals surface area contributed by atoms with Crippen molar-refractivity contribution in [1.82, 2.24) is 0 Å². The third-order valence-electron chi connectivity index (χ3n) is 5.24. The standard InChI is InChI=1S/C17H17BrO4/c1-3-21-15(19)13-12-14(16(20)22-4-2)17(12,13)11-9-6-5-8(18)7-10(9)11/h5-7,9,12-14H,3-4H2,1-2H3/t9?,12?,13-,14-,17?/m0/s1. The predicted octanol–water partition coefficient (Wildman–Crippen LogP) is 2.75. The topological polar surface area (TPSA) is 52.6 Å². The normalized spacial score (nSPS) is 39.5. The Kier molecular flexibility index (Phi) is 2.96. The third kappa shape index (κ3) is 1.63. The van der Waals surface area contributed by atoms with Crippen molar-refractivity contribution in [2.24, 2.45) is 29.1 Å².